The first-order valence-electron chi connectivity index (χ1n) is 9.65. The predicted molar refractivity (Wildman–Crippen MR) is 113 cm³/mol. The third kappa shape index (κ3) is 4.30. The van der Waals surface area contributed by atoms with Gasteiger partial charge in [0.05, 0.1) is 19.4 Å². The highest BCUT2D eigenvalue weighted by Crippen LogP contribution is 2.23. The van der Waals surface area contributed by atoms with Crippen LogP contribution >= 0.6 is 0 Å². The fourth-order valence-electron chi connectivity index (χ4n) is 3.04. The summed E-state index contributed by atoms with van der Waals surface area (Å²) in [6, 6.07) is 15.0. The van der Waals surface area contributed by atoms with Gasteiger partial charge in [-0.2, -0.15) is 4.68 Å². The van der Waals surface area contributed by atoms with Gasteiger partial charge in [0.1, 0.15) is 28.5 Å². The minimum Gasteiger partial charge on any atom is -0.497 e. The van der Waals surface area contributed by atoms with Gasteiger partial charge in [-0.15, -0.1) is 5.10 Å². The first kappa shape index (κ1) is 20.3. The molecule has 0 saturated heterocycles. The standard InChI is InChI=1S/C22H20FN5O3/c1-3-31-22(29)18-12-19-21(25-20(18)24-13-14-4-6-15(23)7-5-14)28(27-26-19)16-8-10-17(30-2)11-9-16/h4-12H,3,13H2,1-2H3,(H,24,25). The molecule has 158 valence electrons. The molecule has 31 heavy (non-hydrogen) atoms. The zero-order valence-corrected chi connectivity index (χ0v) is 17.0. The van der Waals surface area contributed by atoms with E-state index in [9.17, 15) is 9.18 Å². The molecule has 0 spiro atoms. The van der Waals surface area contributed by atoms with Gasteiger partial charge < -0.3 is 14.8 Å². The Bertz CT molecular complexity index is 1210. The summed E-state index contributed by atoms with van der Waals surface area (Å²) in [6.45, 7) is 2.30. The summed E-state index contributed by atoms with van der Waals surface area (Å²) in [5.74, 6) is 0.210. The van der Waals surface area contributed by atoms with Crippen molar-refractivity contribution < 1.29 is 18.7 Å². The van der Waals surface area contributed by atoms with E-state index in [4.69, 9.17) is 9.47 Å². The van der Waals surface area contributed by atoms with Gasteiger partial charge in [-0.3, -0.25) is 0 Å². The van der Waals surface area contributed by atoms with Crippen molar-refractivity contribution in [3.05, 3.63) is 71.5 Å². The van der Waals surface area contributed by atoms with Crippen molar-refractivity contribution in [1.29, 1.82) is 0 Å². The van der Waals surface area contributed by atoms with Crippen LogP contribution in [0.4, 0.5) is 10.2 Å². The SMILES string of the molecule is CCOC(=O)c1cc2nnn(-c3ccc(OC)cc3)c2nc1NCc1ccc(F)cc1. The Morgan fingerprint density at radius 2 is 1.87 bits per heavy atom. The van der Waals surface area contributed by atoms with Crippen LogP contribution in [0.2, 0.25) is 0 Å². The molecule has 2 aromatic carbocycles. The van der Waals surface area contributed by atoms with E-state index in [2.05, 4.69) is 20.6 Å². The highest BCUT2D eigenvalue weighted by atomic mass is 19.1. The molecular formula is C22H20FN5O3. The number of hydrogen-bond acceptors (Lipinski definition) is 7. The van der Waals surface area contributed by atoms with Crippen molar-refractivity contribution in [3.63, 3.8) is 0 Å². The van der Waals surface area contributed by atoms with Crippen LogP contribution < -0.4 is 10.1 Å². The number of nitrogens with zero attached hydrogens (tertiary/aromatic N) is 4. The lowest BCUT2D eigenvalue weighted by Crippen LogP contribution is -2.12. The van der Waals surface area contributed by atoms with E-state index in [1.165, 1.54) is 12.1 Å². The molecule has 4 rings (SSSR count). The van der Waals surface area contributed by atoms with Gasteiger partial charge >= 0.3 is 5.97 Å². The van der Waals surface area contributed by atoms with Crippen molar-refractivity contribution in [3.8, 4) is 11.4 Å². The maximum atomic E-state index is 13.2. The molecule has 0 radical (unpaired) electrons. The maximum absolute atomic E-state index is 13.2. The Morgan fingerprint density at radius 1 is 1.13 bits per heavy atom. The van der Waals surface area contributed by atoms with E-state index in [0.717, 1.165) is 11.3 Å². The number of aromatic nitrogens is 4. The molecule has 0 unspecified atom stereocenters. The molecule has 0 aliphatic heterocycles. The number of anilines is 1. The van der Waals surface area contributed by atoms with Gasteiger partial charge in [0, 0.05) is 6.54 Å². The number of carbonyl (C=O) groups is 1. The van der Waals surface area contributed by atoms with Crippen molar-refractivity contribution >= 4 is 23.0 Å². The third-order valence-corrected chi connectivity index (χ3v) is 4.61. The molecule has 0 amide bonds. The minimum atomic E-state index is -0.516. The number of rotatable bonds is 7. The highest BCUT2D eigenvalue weighted by Gasteiger charge is 2.19. The van der Waals surface area contributed by atoms with Crippen LogP contribution in [0.15, 0.2) is 54.6 Å². The summed E-state index contributed by atoms with van der Waals surface area (Å²) in [5.41, 5.74) is 2.74. The number of hydrogen-bond donors (Lipinski definition) is 1. The zero-order valence-electron chi connectivity index (χ0n) is 17.0. The normalized spacial score (nSPS) is 10.8. The molecule has 0 bridgehead atoms. The van der Waals surface area contributed by atoms with E-state index >= 15 is 0 Å². The number of carbonyl (C=O) groups excluding carboxylic acids is 1. The number of nitrogens with one attached hydrogen (secondary N) is 1. The van der Waals surface area contributed by atoms with E-state index in [1.807, 2.05) is 24.3 Å². The summed E-state index contributed by atoms with van der Waals surface area (Å²) < 4.78 is 25.1. The van der Waals surface area contributed by atoms with E-state index in [0.29, 0.717) is 29.3 Å². The molecule has 2 aromatic heterocycles. The second-order valence-corrected chi connectivity index (χ2v) is 6.63. The molecule has 0 aliphatic rings. The van der Waals surface area contributed by atoms with Crippen molar-refractivity contribution in [2.45, 2.75) is 13.5 Å². The molecule has 4 aromatic rings. The largest absolute Gasteiger partial charge is 0.497 e. The monoisotopic (exact) mass is 421 g/mol. The van der Waals surface area contributed by atoms with Crippen LogP contribution in [0.5, 0.6) is 5.75 Å². The number of esters is 1. The topological polar surface area (TPSA) is 91.2 Å². The Balaban J connectivity index is 1.73. The fourth-order valence-corrected chi connectivity index (χ4v) is 3.04. The first-order chi connectivity index (χ1) is 15.1. The Morgan fingerprint density at radius 3 is 2.55 bits per heavy atom. The van der Waals surface area contributed by atoms with Crippen LogP contribution in [0.25, 0.3) is 16.9 Å². The van der Waals surface area contributed by atoms with Crippen LogP contribution in [0.3, 0.4) is 0 Å². The lowest BCUT2D eigenvalue weighted by atomic mass is 10.2. The maximum Gasteiger partial charge on any atom is 0.341 e. The molecule has 0 atom stereocenters. The Hall–Kier alpha value is -4.01. The van der Waals surface area contributed by atoms with Crippen LogP contribution in [0, 0.1) is 5.82 Å². The lowest BCUT2D eigenvalue weighted by Gasteiger charge is -2.11. The molecular weight excluding hydrogens is 401 g/mol. The summed E-state index contributed by atoms with van der Waals surface area (Å²) in [7, 11) is 1.59. The number of ether oxygens (including phenoxy) is 2. The molecule has 0 fully saturated rings. The zero-order chi connectivity index (χ0) is 21.8. The second kappa shape index (κ2) is 8.78. The number of benzene rings is 2. The Labute approximate surface area is 177 Å². The molecule has 2 heterocycles. The summed E-state index contributed by atoms with van der Waals surface area (Å²) in [5, 5.41) is 11.5. The van der Waals surface area contributed by atoms with Crippen molar-refractivity contribution in [2.75, 3.05) is 19.0 Å². The van der Waals surface area contributed by atoms with E-state index < -0.39 is 5.97 Å². The highest BCUT2D eigenvalue weighted by molar-refractivity contribution is 5.98. The number of fused-ring (bicyclic) bond motifs is 1. The molecule has 1 N–H and O–H groups in total. The van der Waals surface area contributed by atoms with Crippen LogP contribution in [-0.4, -0.2) is 39.7 Å². The van der Waals surface area contributed by atoms with Gasteiger partial charge in [0.15, 0.2) is 5.65 Å². The quantitative estimate of drug-likeness (QED) is 0.455. The van der Waals surface area contributed by atoms with Gasteiger partial charge in [0.2, 0.25) is 0 Å². The average molecular weight is 421 g/mol. The van der Waals surface area contributed by atoms with Gasteiger partial charge in [-0.25, -0.2) is 14.2 Å². The van der Waals surface area contributed by atoms with Gasteiger partial charge in [0.25, 0.3) is 0 Å². The molecule has 0 aliphatic carbocycles. The number of pyridine rings is 1. The lowest BCUT2D eigenvalue weighted by molar-refractivity contribution is 0.0527. The van der Waals surface area contributed by atoms with E-state index in [1.54, 1.807) is 36.9 Å². The summed E-state index contributed by atoms with van der Waals surface area (Å²) in [6.07, 6.45) is 0. The van der Waals surface area contributed by atoms with Gasteiger partial charge in [-0.05, 0) is 55.0 Å². The smallest absolute Gasteiger partial charge is 0.341 e. The molecule has 0 saturated carbocycles. The minimum absolute atomic E-state index is 0.229. The summed E-state index contributed by atoms with van der Waals surface area (Å²) in [4.78, 5) is 17.1. The summed E-state index contributed by atoms with van der Waals surface area (Å²) >= 11 is 0. The predicted octanol–water partition coefficient (Wildman–Crippen LogP) is 3.75. The molecule has 8 nitrogen and oxygen atoms in total. The first-order valence-corrected chi connectivity index (χ1v) is 9.65. The van der Waals surface area contributed by atoms with Crippen LogP contribution in [0.1, 0.15) is 22.8 Å². The van der Waals surface area contributed by atoms with Gasteiger partial charge in [-0.1, -0.05) is 17.3 Å². The van der Waals surface area contributed by atoms with E-state index in [-0.39, 0.29) is 18.0 Å². The number of methoxy groups -OCH3 is 1. The van der Waals surface area contributed by atoms with Crippen LogP contribution in [-0.2, 0) is 11.3 Å². The average Bonchev–Trinajstić information content (AvgIpc) is 3.21. The van der Waals surface area contributed by atoms with Crippen molar-refractivity contribution in [1.82, 2.24) is 20.0 Å². The third-order valence-electron chi connectivity index (χ3n) is 4.61. The fraction of sp³-hybridized carbons (Fsp3) is 0.182. The van der Waals surface area contributed by atoms with Crippen molar-refractivity contribution in [2.24, 2.45) is 0 Å². The molecule has 9 heteroatoms. The Kier molecular flexibility index (Phi) is 5.74. The number of halogens is 1. The second-order valence-electron chi connectivity index (χ2n) is 6.63.